The van der Waals surface area contributed by atoms with Crippen LogP contribution in [-0.4, -0.2) is 87.6 Å². The molecule has 1 heterocycles. The highest BCUT2D eigenvalue weighted by Gasteiger charge is 2.56. The third-order valence-electron chi connectivity index (χ3n) is 11.7. The Kier molecular flexibility index (Phi) is 11.7. The zero-order valence-corrected chi connectivity index (χ0v) is 31.5. The van der Waals surface area contributed by atoms with Crippen molar-refractivity contribution in [1.82, 2.24) is 21.0 Å². The van der Waals surface area contributed by atoms with Gasteiger partial charge in [0.15, 0.2) is 0 Å². The highest BCUT2D eigenvalue weighted by atomic mass is 16.7. The van der Waals surface area contributed by atoms with Crippen LogP contribution in [0.25, 0.3) is 11.1 Å². The fraction of sp³-hybridized carbons (Fsp3) is 0.600. The molecule has 0 spiro atoms. The van der Waals surface area contributed by atoms with E-state index in [0.717, 1.165) is 53.8 Å². The molecule has 3 saturated carbocycles. The number of aliphatic hydroxyl groups excluding tert-OH is 1. The van der Waals surface area contributed by atoms with Gasteiger partial charge in [-0.25, -0.2) is 0 Å². The Morgan fingerprint density at radius 1 is 1.16 bits per heavy atom. The standard InChI is InChI=1S/C40H59N5O5/c1-23(2)14-15-42-25(4)35-34(22-46)50-45(36(35)39(48)43-33-20-29-19-32(24(33)3)40(29,5)6)21-26-12-11-13-31(37(26)49-10)27-16-28(38(47)41-7)18-30(17-27)44(8)9/h11-13,16-18,23,25,29,32-36,42,46H,3,14-15,19-22H2,1-2,4-10H3,(H,41,47)(H,43,48)/t25?,29-,32+,33+,34+,35-,36+/m1/s1. The molecule has 2 amide bonds. The number of nitrogens with zero attached hydrogens (tertiary/aromatic N) is 2. The van der Waals surface area contributed by atoms with Crippen molar-refractivity contribution in [2.75, 3.05) is 46.3 Å². The lowest BCUT2D eigenvalue weighted by Gasteiger charge is -2.60. The number of carbonyl (C=O) groups is 2. The first-order valence-corrected chi connectivity index (χ1v) is 18.2. The molecule has 1 saturated heterocycles. The first-order chi connectivity index (χ1) is 23.7. The fourth-order valence-electron chi connectivity index (χ4n) is 8.41. The molecule has 1 aliphatic heterocycles. The van der Waals surface area contributed by atoms with Crippen molar-refractivity contribution in [3.8, 4) is 16.9 Å². The number of rotatable bonds is 14. The minimum absolute atomic E-state index is 0.0875. The second kappa shape index (κ2) is 15.4. The minimum Gasteiger partial charge on any atom is -0.496 e. The van der Waals surface area contributed by atoms with E-state index in [0.29, 0.717) is 29.1 Å². The van der Waals surface area contributed by atoms with Gasteiger partial charge in [0.1, 0.15) is 17.9 Å². The van der Waals surface area contributed by atoms with E-state index in [2.05, 4.69) is 57.1 Å². The molecule has 10 nitrogen and oxygen atoms in total. The van der Waals surface area contributed by atoms with Crippen LogP contribution in [-0.2, 0) is 16.2 Å². The number of aliphatic hydroxyl groups is 1. The van der Waals surface area contributed by atoms with Crippen LogP contribution < -0.4 is 25.6 Å². The molecule has 4 fully saturated rings. The lowest BCUT2D eigenvalue weighted by atomic mass is 9.46. The van der Waals surface area contributed by atoms with E-state index >= 15 is 0 Å². The van der Waals surface area contributed by atoms with Gasteiger partial charge < -0.3 is 30.7 Å². The number of methoxy groups -OCH3 is 1. The monoisotopic (exact) mass is 689 g/mol. The van der Waals surface area contributed by atoms with E-state index in [-0.39, 0.29) is 48.4 Å². The topological polar surface area (TPSA) is 115 Å². The summed E-state index contributed by atoms with van der Waals surface area (Å²) in [5, 5.41) is 22.1. The van der Waals surface area contributed by atoms with Gasteiger partial charge >= 0.3 is 0 Å². The molecular formula is C40H59N5O5. The fourth-order valence-corrected chi connectivity index (χ4v) is 8.41. The maximum Gasteiger partial charge on any atom is 0.251 e. The summed E-state index contributed by atoms with van der Waals surface area (Å²) in [7, 11) is 7.13. The van der Waals surface area contributed by atoms with Crippen LogP contribution in [0.3, 0.4) is 0 Å². The molecule has 0 radical (unpaired) electrons. The molecule has 4 N–H and O–H groups in total. The van der Waals surface area contributed by atoms with Gasteiger partial charge in [-0.05, 0) is 79.7 Å². The van der Waals surface area contributed by atoms with Crippen molar-refractivity contribution in [3.05, 3.63) is 59.7 Å². The summed E-state index contributed by atoms with van der Waals surface area (Å²) in [6.07, 6.45) is 2.46. The number of fused-ring (bicyclic) bond motifs is 2. The average Bonchev–Trinajstić information content (AvgIpc) is 3.46. The Hall–Kier alpha value is -3.44. The SMILES string of the molecule is C=C1[C@@H](NC(=O)[C@@H]2[C@H](C(C)NCCC(C)C)[C@H](CO)ON2Cc2cccc(-c3cc(C(=O)NC)cc(N(C)C)c3)c2OC)C[C@H]2C[C@@H]1C2(C)C. The first kappa shape index (κ1) is 37.8. The predicted octanol–water partition coefficient (Wildman–Crippen LogP) is 5.01. The second-order valence-electron chi connectivity index (χ2n) is 15.8. The summed E-state index contributed by atoms with van der Waals surface area (Å²) >= 11 is 0. The number of hydrogen-bond donors (Lipinski definition) is 4. The average molecular weight is 690 g/mol. The van der Waals surface area contributed by atoms with E-state index < -0.39 is 12.1 Å². The van der Waals surface area contributed by atoms with Crippen LogP contribution in [0, 0.1) is 29.1 Å². The molecular weight excluding hydrogens is 630 g/mol. The lowest BCUT2D eigenvalue weighted by molar-refractivity contribution is -0.182. The molecule has 0 aromatic heterocycles. The summed E-state index contributed by atoms with van der Waals surface area (Å²) in [4.78, 5) is 35.7. The summed E-state index contributed by atoms with van der Waals surface area (Å²) in [6.45, 7) is 16.4. The van der Waals surface area contributed by atoms with Crippen molar-refractivity contribution < 1.29 is 24.3 Å². The van der Waals surface area contributed by atoms with Crippen LogP contribution in [0.4, 0.5) is 5.69 Å². The van der Waals surface area contributed by atoms with Crippen molar-refractivity contribution in [1.29, 1.82) is 0 Å². The number of anilines is 1. The molecule has 2 aromatic rings. The largest absolute Gasteiger partial charge is 0.496 e. The minimum atomic E-state index is -0.668. The molecule has 50 heavy (non-hydrogen) atoms. The number of ether oxygens (including phenoxy) is 1. The number of amides is 2. The van der Waals surface area contributed by atoms with Crippen LogP contribution in [0.2, 0.25) is 0 Å². The van der Waals surface area contributed by atoms with E-state index in [1.807, 2.05) is 55.4 Å². The lowest BCUT2D eigenvalue weighted by Crippen LogP contribution is -2.60. The van der Waals surface area contributed by atoms with Crippen LogP contribution in [0.5, 0.6) is 5.75 Å². The Morgan fingerprint density at radius 3 is 2.50 bits per heavy atom. The Bertz CT molecular complexity index is 1560. The zero-order valence-electron chi connectivity index (χ0n) is 31.5. The van der Waals surface area contributed by atoms with Gasteiger partial charge in [-0.3, -0.25) is 14.4 Å². The van der Waals surface area contributed by atoms with Gasteiger partial charge in [-0.1, -0.05) is 58.0 Å². The molecule has 3 aliphatic carbocycles. The van der Waals surface area contributed by atoms with E-state index in [1.165, 1.54) is 0 Å². The summed E-state index contributed by atoms with van der Waals surface area (Å²) in [6, 6.07) is 10.8. The maximum atomic E-state index is 14.5. The number of carbonyl (C=O) groups excluding carboxylic acids is 2. The Balaban J connectivity index is 1.48. The molecule has 274 valence electrons. The van der Waals surface area contributed by atoms with E-state index in [9.17, 15) is 14.7 Å². The van der Waals surface area contributed by atoms with Crippen LogP contribution >= 0.6 is 0 Å². The molecule has 7 atom stereocenters. The Morgan fingerprint density at radius 2 is 1.90 bits per heavy atom. The number of hydrogen-bond acceptors (Lipinski definition) is 8. The van der Waals surface area contributed by atoms with Crippen molar-refractivity contribution in [2.45, 2.75) is 84.7 Å². The first-order valence-electron chi connectivity index (χ1n) is 18.2. The van der Waals surface area contributed by atoms with Gasteiger partial charge in [0.25, 0.3) is 5.91 Å². The zero-order chi connectivity index (χ0) is 36.5. The summed E-state index contributed by atoms with van der Waals surface area (Å²) in [5.74, 6) is 1.53. The van der Waals surface area contributed by atoms with Gasteiger partial charge in [0, 0.05) is 55.5 Å². The molecule has 2 aromatic carbocycles. The van der Waals surface area contributed by atoms with Gasteiger partial charge in [0.2, 0.25) is 5.91 Å². The van der Waals surface area contributed by atoms with Gasteiger partial charge in [-0.15, -0.1) is 0 Å². The van der Waals surface area contributed by atoms with Gasteiger partial charge in [-0.2, -0.15) is 5.06 Å². The van der Waals surface area contributed by atoms with Crippen LogP contribution in [0.15, 0.2) is 48.6 Å². The summed E-state index contributed by atoms with van der Waals surface area (Å²) < 4.78 is 6.07. The third-order valence-corrected chi connectivity index (χ3v) is 11.7. The molecule has 1 unspecified atom stereocenters. The molecule has 10 heteroatoms. The van der Waals surface area contributed by atoms with Crippen molar-refractivity contribution in [3.63, 3.8) is 0 Å². The van der Waals surface area contributed by atoms with Crippen molar-refractivity contribution in [2.24, 2.45) is 29.1 Å². The van der Waals surface area contributed by atoms with E-state index in [1.54, 1.807) is 19.2 Å². The van der Waals surface area contributed by atoms with Crippen LogP contribution in [0.1, 0.15) is 69.8 Å². The molecule has 2 bridgehead atoms. The smallest absolute Gasteiger partial charge is 0.251 e. The summed E-state index contributed by atoms with van der Waals surface area (Å²) in [5.41, 5.74) is 5.22. The normalized spacial score (nSPS) is 26.3. The Labute approximate surface area is 298 Å². The predicted molar refractivity (Wildman–Crippen MR) is 199 cm³/mol. The maximum absolute atomic E-state index is 14.5. The molecule has 4 aliphatic rings. The van der Waals surface area contributed by atoms with Gasteiger partial charge in [0.05, 0.1) is 26.3 Å². The third kappa shape index (κ3) is 7.45. The second-order valence-corrected chi connectivity index (χ2v) is 15.8. The number of hydroxylamine groups is 2. The number of nitrogens with one attached hydrogen (secondary N) is 3. The van der Waals surface area contributed by atoms with E-state index in [4.69, 9.17) is 9.57 Å². The highest BCUT2D eigenvalue weighted by Crippen LogP contribution is 2.60. The number of benzene rings is 2. The highest BCUT2D eigenvalue weighted by molar-refractivity contribution is 5.97. The molecule has 6 rings (SSSR count). The van der Waals surface area contributed by atoms with Crippen molar-refractivity contribution >= 4 is 17.5 Å². The quantitative estimate of drug-likeness (QED) is 0.205. The number of para-hydroxylation sites is 1.